The minimum absolute atomic E-state index is 0. The average Bonchev–Trinajstić information content (AvgIpc) is 2.66. The van der Waals surface area contributed by atoms with Gasteiger partial charge in [-0.2, -0.15) is 0 Å². The standard InChI is InChI=1S/C20H26N2O4.ClH/c1-24-17-12-15(13-18(25-2)20(17)26-3)6-9-19(23)22-11-10-14-4-7-16(21)8-5-14;/h4-5,7-8,12-13H,6,9-11,21H2,1-3H3,(H,22,23);1H. The van der Waals surface area contributed by atoms with Gasteiger partial charge in [-0.25, -0.2) is 0 Å². The Bertz CT molecular complexity index is 710. The van der Waals surface area contributed by atoms with E-state index in [0.29, 0.717) is 36.6 Å². The van der Waals surface area contributed by atoms with Crippen LogP contribution in [0.2, 0.25) is 0 Å². The first-order valence-corrected chi connectivity index (χ1v) is 8.47. The van der Waals surface area contributed by atoms with Crippen LogP contribution in [0, 0.1) is 0 Å². The molecule has 1 amide bonds. The molecule has 2 aromatic rings. The predicted octanol–water partition coefficient (Wildman–Crippen LogP) is 3.01. The van der Waals surface area contributed by atoms with Crippen molar-refractivity contribution in [1.82, 2.24) is 5.32 Å². The summed E-state index contributed by atoms with van der Waals surface area (Å²) in [6.07, 6.45) is 1.75. The lowest BCUT2D eigenvalue weighted by Gasteiger charge is -2.14. The van der Waals surface area contributed by atoms with Crippen LogP contribution in [0.1, 0.15) is 17.5 Å². The van der Waals surface area contributed by atoms with E-state index in [9.17, 15) is 4.79 Å². The van der Waals surface area contributed by atoms with Crippen molar-refractivity contribution in [3.05, 3.63) is 47.5 Å². The molecular formula is C20H27ClN2O4. The van der Waals surface area contributed by atoms with Crippen LogP contribution < -0.4 is 25.3 Å². The van der Waals surface area contributed by atoms with E-state index in [-0.39, 0.29) is 18.3 Å². The quantitative estimate of drug-likeness (QED) is 0.639. The van der Waals surface area contributed by atoms with Gasteiger partial charge in [0.1, 0.15) is 0 Å². The molecule has 2 aromatic carbocycles. The minimum Gasteiger partial charge on any atom is -0.493 e. The molecule has 0 radical (unpaired) electrons. The molecule has 6 nitrogen and oxygen atoms in total. The molecule has 0 bridgehead atoms. The highest BCUT2D eigenvalue weighted by Crippen LogP contribution is 2.38. The number of aryl methyl sites for hydroxylation is 1. The number of carbonyl (C=O) groups excluding carboxylic acids is 1. The van der Waals surface area contributed by atoms with Gasteiger partial charge in [0.25, 0.3) is 0 Å². The lowest BCUT2D eigenvalue weighted by Crippen LogP contribution is -2.25. The Morgan fingerprint density at radius 1 is 0.926 bits per heavy atom. The molecule has 3 N–H and O–H groups in total. The Morgan fingerprint density at radius 2 is 1.52 bits per heavy atom. The van der Waals surface area contributed by atoms with Crippen molar-refractivity contribution in [2.24, 2.45) is 0 Å². The third-order valence-electron chi connectivity index (χ3n) is 4.08. The smallest absolute Gasteiger partial charge is 0.220 e. The number of methoxy groups -OCH3 is 3. The van der Waals surface area contributed by atoms with Crippen LogP contribution in [0.25, 0.3) is 0 Å². The summed E-state index contributed by atoms with van der Waals surface area (Å²) in [4.78, 5) is 12.1. The number of benzene rings is 2. The third-order valence-corrected chi connectivity index (χ3v) is 4.08. The van der Waals surface area contributed by atoms with E-state index in [1.54, 1.807) is 21.3 Å². The van der Waals surface area contributed by atoms with Crippen molar-refractivity contribution >= 4 is 24.0 Å². The number of hydrogen-bond donors (Lipinski definition) is 2. The zero-order valence-corrected chi connectivity index (χ0v) is 16.7. The molecule has 2 rings (SSSR count). The first-order valence-electron chi connectivity index (χ1n) is 8.47. The van der Waals surface area contributed by atoms with E-state index in [1.807, 2.05) is 36.4 Å². The van der Waals surface area contributed by atoms with Crippen molar-refractivity contribution in [1.29, 1.82) is 0 Å². The van der Waals surface area contributed by atoms with E-state index in [2.05, 4.69) is 5.32 Å². The molecule has 0 saturated carbocycles. The van der Waals surface area contributed by atoms with Crippen LogP contribution in [0.3, 0.4) is 0 Å². The van der Waals surface area contributed by atoms with Gasteiger partial charge in [-0.15, -0.1) is 12.4 Å². The highest BCUT2D eigenvalue weighted by Gasteiger charge is 2.13. The molecule has 0 heterocycles. The maximum absolute atomic E-state index is 12.1. The summed E-state index contributed by atoms with van der Waals surface area (Å²) in [5, 5.41) is 2.94. The summed E-state index contributed by atoms with van der Waals surface area (Å²) in [5.74, 6) is 1.73. The molecule has 0 spiro atoms. The molecule has 0 fully saturated rings. The lowest BCUT2D eigenvalue weighted by molar-refractivity contribution is -0.121. The van der Waals surface area contributed by atoms with E-state index in [4.69, 9.17) is 19.9 Å². The van der Waals surface area contributed by atoms with Crippen molar-refractivity contribution in [3.63, 3.8) is 0 Å². The number of amides is 1. The van der Waals surface area contributed by atoms with Crippen LogP contribution in [-0.2, 0) is 17.6 Å². The number of hydrogen-bond acceptors (Lipinski definition) is 5. The number of anilines is 1. The van der Waals surface area contributed by atoms with Crippen molar-refractivity contribution in [3.8, 4) is 17.2 Å². The number of carbonyl (C=O) groups is 1. The van der Waals surface area contributed by atoms with Crippen LogP contribution >= 0.6 is 12.4 Å². The van der Waals surface area contributed by atoms with Gasteiger partial charge >= 0.3 is 0 Å². The number of nitrogens with one attached hydrogen (secondary N) is 1. The Hall–Kier alpha value is -2.60. The fourth-order valence-electron chi connectivity index (χ4n) is 2.66. The summed E-state index contributed by atoms with van der Waals surface area (Å²) in [6.45, 7) is 0.595. The Kier molecular flexibility index (Phi) is 9.30. The first kappa shape index (κ1) is 22.4. The molecule has 0 aromatic heterocycles. The van der Waals surface area contributed by atoms with E-state index < -0.39 is 0 Å². The number of nitrogens with two attached hydrogens (primary N) is 1. The van der Waals surface area contributed by atoms with Gasteiger partial charge in [-0.1, -0.05) is 12.1 Å². The molecule has 0 unspecified atom stereocenters. The Balaban J connectivity index is 0.00000364. The van der Waals surface area contributed by atoms with Gasteiger partial charge in [0.2, 0.25) is 11.7 Å². The van der Waals surface area contributed by atoms with Crippen LogP contribution in [0.4, 0.5) is 5.69 Å². The lowest BCUT2D eigenvalue weighted by atomic mass is 10.1. The normalized spacial score (nSPS) is 9.89. The second-order valence-corrected chi connectivity index (χ2v) is 5.88. The van der Waals surface area contributed by atoms with E-state index in [0.717, 1.165) is 23.2 Å². The third kappa shape index (κ3) is 6.57. The molecular weight excluding hydrogens is 368 g/mol. The second kappa shape index (κ2) is 11.2. The minimum atomic E-state index is 0. The topological polar surface area (TPSA) is 82.8 Å². The van der Waals surface area contributed by atoms with Gasteiger partial charge in [-0.3, -0.25) is 4.79 Å². The summed E-state index contributed by atoms with van der Waals surface area (Å²) in [6, 6.07) is 11.4. The fourth-order valence-corrected chi connectivity index (χ4v) is 2.66. The van der Waals surface area contributed by atoms with Crippen LogP contribution in [-0.4, -0.2) is 33.8 Å². The number of halogens is 1. The average molecular weight is 395 g/mol. The van der Waals surface area contributed by atoms with Gasteiger partial charge < -0.3 is 25.3 Å². The molecule has 0 aliphatic carbocycles. The van der Waals surface area contributed by atoms with Gasteiger partial charge in [0.05, 0.1) is 21.3 Å². The monoisotopic (exact) mass is 394 g/mol. The summed E-state index contributed by atoms with van der Waals surface area (Å²) in [5.41, 5.74) is 8.50. The number of rotatable bonds is 9. The number of ether oxygens (including phenoxy) is 3. The van der Waals surface area contributed by atoms with Crippen LogP contribution in [0.15, 0.2) is 36.4 Å². The summed E-state index contributed by atoms with van der Waals surface area (Å²) < 4.78 is 16.0. The van der Waals surface area contributed by atoms with E-state index >= 15 is 0 Å². The van der Waals surface area contributed by atoms with Crippen molar-refractivity contribution in [2.75, 3.05) is 33.6 Å². The maximum Gasteiger partial charge on any atom is 0.220 e. The molecule has 7 heteroatoms. The molecule has 27 heavy (non-hydrogen) atoms. The molecule has 0 aliphatic heterocycles. The van der Waals surface area contributed by atoms with Crippen LogP contribution in [0.5, 0.6) is 17.2 Å². The Morgan fingerprint density at radius 3 is 2.04 bits per heavy atom. The zero-order valence-electron chi connectivity index (χ0n) is 15.9. The summed E-state index contributed by atoms with van der Waals surface area (Å²) >= 11 is 0. The number of nitrogen functional groups attached to an aromatic ring is 1. The highest BCUT2D eigenvalue weighted by atomic mass is 35.5. The molecule has 0 saturated heterocycles. The zero-order chi connectivity index (χ0) is 18.9. The fraction of sp³-hybridized carbons (Fsp3) is 0.350. The van der Waals surface area contributed by atoms with Crippen molar-refractivity contribution in [2.45, 2.75) is 19.3 Å². The predicted molar refractivity (Wildman–Crippen MR) is 109 cm³/mol. The molecule has 0 aliphatic rings. The SMILES string of the molecule is COc1cc(CCC(=O)NCCc2ccc(N)cc2)cc(OC)c1OC.Cl. The first-order chi connectivity index (χ1) is 12.6. The molecule has 148 valence electrons. The highest BCUT2D eigenvalue weighted by molar-refractivity contribution is 5.85. The molecule has 0 atom stereocenters. The van der Waals surface area contributed by atoms with Gasteiger partial charge in [-0.05, 0) is 48.2 Å². The maximum atomic E-state index is 12.1. The van der Waals surface area contributed by atoms with Gasteiger partial charge in [0, 0.05) is 18.7 Å². The second-order valence-electron chi connectivity index (χ2n) is 5.88. The largest absolute Gasteiger partial charge is 0.493 e. The van der Waals surface area contributed by atoms with Crippen molar-refractivity contribution < 1.29 is 19.0 Å². The Labute approximate surface area is 166 Å². The summed E-state index contributed by atoms with van der Waals surface area (Å²) in [7, 11) is 4.71. The van der Waals surface area contributed by atoms with Gasteiger partial charge in [0.15, 0.2) is 11.5 Å². The van der Waals surface area contributed by atoms with E-state index in [1.165, 1.54) is 0 Å².